The van der Waals surface area contributed by atoms with Gasteiger partial charge in [-0.2, -0.15) is 5.26 Å². The predicted octanol–water partition coefficient (Wildman–Crippen LogP) is 2.01. The fourth-order valence-corrected chi connectivity index (χ4v) is 3.63. The van der Waals surface area contributed by atoms with E-state index in [1.165, 1.54) is 12.3 Å². The van der Waals surface area contributed by atoms with E-state index in [1.807, 2.05) is 30.3 Å². The SMILES string of the molecule is N#CC(c1ccccc1)C1CCCN1c1ccc(S(N)(=O)=O)cn1. The molecule has 0 saturated carbocycles. The van der Waals surface area contributed by atoms with E-state index in [2.05, 4.69) is 16.0 Å². The molecule has 0 spiro atoms. The maximum absolute atomic E-state index is 11.4. The van der Waals surface area contributed by atoms with Gasteiger partial charge in [-0.25, -0.2) is 18.5 Å². The Kier molecular flexibility index (Phi) is 4.51. The number of nitrogens with zero attached hydrogens (tertiary/aromatic N) is 3. The normalized spacial score (nSPS) is 19.0. The fourth-order valence-electron chi connectivity index (χ4n) is 3.18. The minimum Gasteiger partial charge on any atom is -0.352 e. The van der Waals surface area contributed by atoms with Crippen LogP contribution in [0, 0.1) is 11.3 Å². The maximum Gasteiger partial charge on any atom is 0.239 e. The lowest BCUT2D eigenvalue weighted by Crippen LogP contribution is -2.34. The lowest BCUT2D eigenvalue weighted by atomic mass is 9.91. The van der Waals surface area contributed by atoms with Crippen molar-refractivity contribution in [2.24, 2.45) is 5.14 Å². The molecule has 1 saturated heterocycles. The summed E-state index contributed by atoms with van der Waals surface area (Å²) < 4.78 is 22.7. The van der Waals surface area contributed by atoms with Crippen LogP contribution in [0.4, 0.5) is 5.82 Å². The summed E-state index contributed by atoms with van der Waals surface area (Å²) in [6.45, 7) is 0.789. The van der Waals surface area contributed by atoms with Crippen LogP contribution in [-0.2, 0) is 10.0 Å². The number of nitrogens with two attached hydrogens (primary N) is 1. The van der Waals surface area contributed by atoms with Gasteiger partial charge in [0.15, 0.2) is 0 Å². The fraction of sp³-hybridized carbons (Fsp3) is 0.294. The van der Waals surface area contributed by atoms with Gasteiger partial charge in [0.1, 0.15) is 10.7 Å². The average Bonchev–Trinajstić information content (AvgIpc) is 3.05. The molecule has 124 valence electrons. The van der Waals surface area contributed by atoms with E-state index in [1.54, 1.807) is 6.07 Å². The summed E-state index contributed by atoms with van der Waals surface area (Å²) in [4.78, 5) is 6.31. The molecule has 1 aliphatic heterocycles. The molecular formula is C17H18N4O2S. The smallest absolute Gasteiger partial charge is 0.239 e. The Labute approximate surface area is 141 Å². The van der Waals surface area contributed by atoms with Crippen molar-refractivity contribution in [3.05, 3.63) is 54.2 Å². The van der Waals surface area contributed by atoms with Crippen molar-refractivity contribution in [1.82, 2.24) is 4.98 Å². The molecule has 1 aliphatic rings. The number of rotatable bonds is 4. The molecule has 2 aromatic rings. The van der Waals surface area contributed by atoms with Crippen LogP contribution in [0.2, 0.25) is 0 Å². The molecule has 1 fully saturated rings. The monoisotopic (exact) mass is 342 g/mol. The molecule has 1 aromatic heterocycles. The Hall–Kier alpha value is -2.43. The highest BCUT2D eigenvalue weighted by atomic mass is 32.2. The molecule has 1 aromatic carbocycles. The summed E-state index contributed by atoms with van der Waals surface area (Å²) in [5.41, 5.74) is 0.984. The number of hydrogen-bond acceptors (Lipinski definition) is 5. The Bertz CT molecular complexity index is 844. The van der Waals surface area contributed by atoms with Crippen molar-refractivity contribution in [3.63, 3.8) is 0 Å². The largest absolute Gasteiger partial charge is 0.352 e. The average molecular weight is 342 g/mol. The number of aromatic nitrogens is 1. The van der Waals surface area contributed by atoms with Crippen molar-refractivity contribution in [1.29, 1.82) is 5.26 Å². The second-order valence-electron chi connectivity index (χ2n) is 5.82. The van der Waals surface area contributed by atoms with Gasteiger partial charge in [-0.3, -0.25) is 0 Å². The zero-order chi connectivity index (χ0) is 17.2. The maximum atomic E-state index is 11.4. The third-order valence-electron chi connectivity index (χ3n) is 4.33. The molecule has 3 rings (SSSR count). The van der Waals surface area contributed by atoms with Crippen LogP contribution in [0.25, 0.3) is 0 Å². The lowest BCUT2D eigenvalue weighted by molar-refractivity contribution is 0.596. The molecule has 2 unspecified atom stereocenters. The van der Waals surface area contributed by atoms with E-state index in [0.717, 1.165) is 24.9 Å². The number of anilines is 1. The van der Waals surface area contributed by atoms with Crippen molar-refractivity contribution in [2.45, 2.75) is 29.7 Å². The molecule has 0 aliphatic carbocycles. The van der Waals surface area contributed by atoms with Gasteiger partial charge in [-0.05, 0) is 30.5 Å². The number of nitriles is 1. The summed E-state index contributed by atoms with van der Waals surface area (Å²) in [5.74, 6) is 0.412. The molecule has 2 atom stereocenters. The highest BCUT2D eigenvalue weighted by molar-refractivity contribution is 7.89. The van der Waals surface area contributed by atoms with Crippen LogP contribution in [-0.4, -0.2) is 26.0 Å². The van der Waals surface area contributed by atoms with E-state index >= 15 is 0 Å². The Morgan fingerprint density at radius 2 is 2.00 bits per heavy atom. The zero-order valence-corrected chi connectivity index (χ0v) is 13.9. The molecule has 2 N–H and O–H groups in total. The standard InChI is InChI=1S/C17H18N4O2S/c18-11-15(13-5-2-1-3-6-13)16-7-4-10-21(16)17-9-8-14(12-20-17)24(19,22)23/h1-3,5-6,8-9,12,15-16H,4,7,10H2,(H2,19,22,23). The molecule has 0 amide bonds. The Balaban J connectivity index is 1.89. The first-order chi connectivity index (χ1) is 11.5. The quantitative estimate of drug-likeness (QED) is 0.916. The second kappa shape index (κ2) is 6.59. The molecule has 0 bridgehead atoms. The summed E-state index contributed by atoms with van der Waals surface area (Å²) in [6, 6.07) is 15.2. The van der Waals surface area contributed by atoms with Crippen LogP contribution >= 0.6 is 0 Å². The van der Waals surface area contributed by atoms with Crippen LogP contribution in [0.3, 0.4) is 0 Å². The van der Waals surface area contributed by atoms with Crippen LogP contribution < -0.4 is 10.0 Å². The molecule has 7 heteroatoms. The van der Waals surface area contributed by atoms with E-state index in [4.69, 9.17) is 5.14 Å². The Morgan fingerprint density at radius 1 is 1.25 bits per heavy atom. The van der Waals surface area contributed by atoms with Crippen molar-refractivity contribution >= 4 is 15.8 Å². The second-order valence-corrected chi connectivity index (χ2v) is 7.38. The van der Waals surface area contributed by atoms with Gasteiger partial charge >= 0.3 is 0 Å². The summed E-state index contributed by atoms with van der Waals surface area (Å²) in [6.07, 6.45) is 3.13. The zero-order valence-electron chi connectivity index (χ0n) is 13.0. The molecule has 2 heterocycles. The molecule has 6 nitrogen and oxygen atoms in total. The lowest BCUT2D eigenvalue weighted by Gasteiger charge is -2.29. The van der Waals surface area contributed by atoms with Gasteiger partial charge in [0.05, 0.1) is 18.0 Å². The van der Waals surface area contributed by atoms with Gasteiger partial charge in [-0.1, -0.05) is 30.3 Å². The molecular weight excluding hydrogens is 324 g/mol. The van der Waals surface area contributed by atoms with E-state index in [0.29, 0.717) is 5.82 Å². The van der Waals surface area contributed by atoms with Crippen LogP contribution in [0.15, 0.2) is 53.6 Å². The number of hydrogen-bond donors (Lipinski definition) is 1. The van der Waals surface area contributed by atoms with Gasteiger partial charge in [-0.15, -0.1) is 0 Å². The number of benzene rings is 1. The molecule has 24 heavy (non-hydrogen) atoms. The van der Waals surface area contributed by atoms with Gasteiger partial charge in [0, 0.05) is 12.7 Å². The van der Waals surface area contributed by atoms with Gasteiger partial charge in [0.25, 0.3) is 0 Å². The summed E-state index contributed by atoms with van der Waals surface area (Å²) in [7, 11) is -3.75. The first kappa shape index (κ1) is 16.4. The minimum atomic E-state index is -3.75. The first-order valence-electron chi connectivity index (χ1n) is 7.71. The third-order valence-corrected chi connectivity index (χ3v) is 5.22. The van der Waals surface area contributed by atoms with Crippen molar-refractivity contribution in [2.75, 3.05) is 11.4 Å². The topological polar surface area (TPSA) is 100 Å². The number of pyridine rings is 1. The summed E-state index contributed by atoms with van der Waals surface area (Å²) in [5, 5.41) is 14.8. The van der Waals surface area contributed by atoms with Crippen LogP contribution in [0.1, 0.15) is 24.3 Å². The predicted molar refractivity (Wildman–Crippen MR) is 90.8 cm³/mol. The first-order valence-corrected chi connectivity index (χ1v) is 9.25. The Morgan fingerprint density at radius 3 is 2.58 bits per heavy atom. The van der Waals surface area contributed by atoms with Gasteiger partial charge in [0.2, 0.25) is 10.0 Å². The highest BCUT2D eigenvalue weighted by Gasteiger charge is 2.33. The van der Waals surface area contributed by atoms with E-state index in [-0.39, 0.29) is 16.9 Å². The van der Waals surface area contributed by atoms with E-state index in [9.17, 15) is 13.7 Å². The molecule has 0 radical (unpaired) electrons. The number of sulfonamides is 1. The van der Waals surface area contributed by atoms with E-state index < -0.39 is 10.0 Å². The summed E-state index contributed by atoms with van der Waals surface area (Å²) >= 11 is 0. The van der Waals surface area contributed by atoms with Crippen LogP contribution in [0.5, 0.6) is 0 Å². The number of primary sulfonamides is 1. The highest BCUT2D eigenvalue weighted by Crippen LogP contribution is 2.33. The minimum absolute atomic E-state index is 0.0121. The van der Waals surface area contributed by atoms with Gasteiger partial charge < -0.3 is 4.90 Å². The van der Waals surface area contributed by atoms with Crippen molar-refractivity contribution < 1.29 is 8.42 Å². The van der Waals surface area contributed by atoms with Crippen molar-refractivity contribution in [3.8, 4) is 6.07 Å². The third kappa shape index (κ3) is 3.25.